The summed E-state index contributed by atoms with van der Waals surface area (Å²) in [4.78, 5) is 0. The summed E-state index contributed by atoms with van der Waals surface area (Å²) >= 11 is 0. The van der Waals surface area contributed by atoms with Gasteiger partial charge >= 0.3 is 12.4 Å². The number of aryl methyl sites for hydroxylation is 1. The summed E-state index contributed by atoms with van der Waals surface area (Å²) in [5, 5.41) is 0. The Morgan fingerprint density at radius 2 is 1.50 bits per heavy atom. The normalized spacial score (nSPS) is 14.7. The first-order chi connectivity index (χ1) is 9.04. The molecule has 0 N–H and O–H groups in total. The molecule has 1 heterocycles. The van der Waals surface area contributed by atoms with Gasteiger partial charge in [0.05, 0.1) is 0 Å². The zero-order valence-corrected chi connectivity index (χ0v) is 11.1. The standard InChI is InChI=1S/C12H14F6O2/c1-4-7-8(11(13,14)15)9(12(16,17)18)10(20-7)6(3)19-5-2/h6H,4-5H2,1-3H3. The Morgan fingerprint density at radius 3 is 1.85 bits per heavy atom. The fourth-order valence-electron chi connectivity index (χ4n) is 1.94. The molecule has 1 aromatic heterocycles. The zero-order valence-electron chi connectivity index (χ0n) is 11.1. The Labute approximate surface area is 111 Å². The lowest BCUT2D eigenvalue weighted by atomic mass is 10.0. The maximum Gasteiger partial charge on any atom is 0.420 e. The average molecular weight is 304 g/mol. The fraction of sp³-hybridized carbons (Fsp3) is 0.667. The first kappa shape index (κ1) is 16.9. The van der Waals surface area contributed by atoms with Crippen LogP contribution in [0.5, 0.6) is 0 Å². The van der Waals surface area contributed by atoms with Crippen molar-refractivity contribution >= 4 is 0 Å². The van der Waals surface area contributed by atoms with Crippen LogP contribution in [0.25, 0.3) is 0 Å². The third-order valence-corrected chi connectivity index (χ3v) is 2.68. The van der Waals surface area contributed by atoms with Crippen LogP contribution >= 0.6 is 0 Å². The third kappa shape index (κ3) is 3.28. The second-order valence-corrected chi connectivity index (χ2v) is 4.09. The highest BCUT2D eigenvalue weighted by Gasteiger charge is 2.50. The Morgan fingerprint density at radius 1 is 1.00 bits per heavy atom. The van der Waals surface area contributed by atoms with Crippen molar-refractivity contribution in [1.82, 2.24) is 0 Å². The highest BCUT2D eigenvalue weighted by atomic mass is 19.4. The lowest BCUT2D eigenvalue weighted by Gasteiger charge is -2.15. The molecule has 1 aromatic rings. The molecule has 0 aliphatic heterocycles. The van der Waals surface area contributed by atoms with E-state index >= 15 is 0 Å². The minimum absolute atomic E-state index is 0.0575. The third-order valence-electron chi connectivity index (χ3n) is 2.68. The van der Waals surface area contributed by atoms with Gasteiger partial charge < -0.3 is 9.15 Å². The summed E-state index contributed by atoms with van der Waals surface area (Å²) < 4.78 is 87.3. The Balaban J connectivity index is 3.58. The van der Waals surface area contributed by atoms with Crippen molar-refractivity contribution in [3.63, 3.8) is 0 Å². The van der Waals surface area contributed by atoms with Gasteiger partial charge in [-0.25, -0.2) is 0 Å². The molecule has 0 aromatic carbocycles. The summed E-state index contributed by atoms with van der Waals surface area (Å²) in [6, 6.07) is 0. The fourth-order valence-corrected chi connectivity index (χ4v) is 1.94. The Hall–Kier alpha value is -1.18. The Kier molecular flexibility index (Phi) is 4.78. The molecule has 0 aliphatic carbocycles. The van der Waals surface area contributed by atoms with Gasteiger partial charge in [0.15, 0.2) is 0 Å². The minimum atomic E-state index is -5.16. The van der Waals surface area contributed by atoms with Gasteiger partial charge in [0.2, 0.25) is 0 Å². The molecule has 0 saturated carbocycles. The summed E-state index contributed by atoms with van der Waals surface area (Å²) in [5.41, 5.74) is -3.54. The second kappa shape index (κ2) is 5.67. The largest absolute Gasteiger partial charge is 0.462 e. The van der Waals surface area contributed by atoms with Crippen molar-refractivity contribution in [3.8, 4) is 0 Å². The van der Waals surface area contributed by atoms with Crippen LogP contribution < -0.4 is 0 Å². The van der Waals surface area contributed by atoms with Gasteiger partial charge in [0.25, 0.3) is 0 Å². The number of halogens is 6. The highest BCUT2D eigenvalue weighted by molar-refractivity contribution is 5.39. The van der Waals surface area contributed by atoms with Crippen LogP contribution in [-0.2, 0) is 23.5 Å². The van der Waals surface area contributed by atoms with Crippen LogP contribution in [-0.4, -0.2) is 6.61 Å². The van der Waals surface area contributed by atoms with Gasteiger partial charge in [0, 0.05) is 13.0 Å². The first-order valence-corrected chi connectivity index (χ1v) is 5.95. The van der Waals surface area contributed by atoms with E-state index in [-0.39, 0.29) is 13.0 Å². The minimum Gasteiger partial charge on any atom is -0.462 e. The first-order valence-electron chi connectivity index (χ1n) is 5.95. The van der Waals surface area contributed by atoms with E-state index in [9.17, 15) is 26.3 Å². The maximum absolute atomic E-state index is 13.0. The number of alkyl halides is 6. The van der Waals surface area contributed by atoms with E-state index in [4.69, 9.17) is 9.15 Å². The topological polar surface area (TPSA) is 22.4 Å². The Bertz CT molecular complexity index is 458. The van der Waals surface area contributed by atoms with Gasteiger partial charge in [-0.05, 0) is 13.8 Å². The summed E-state index contributed by atoms with van der Waals surface area (Å²) in [6.07, 6.45) is -11.8. The summed E-state index contributed by atoms with van der Waals surface area (Å²) in [6.45, 7) is 4.10. The summed E-state index contributed by atoms with van der Waals surface area (Å²) in [5.74, 6) is -1.56. The number of furan rings is 1. The van der Waals surface area contributed by atoms with Crippen molar-refractivity contribution < 1.29 is 35.5 Å². The molecule has 1 atom stereocenters. The lowest BCUT2D eigenvalue weighted by Crippen LogP contribution is -2.18. The molecule has 116 valence electrons. The van der Waals surface area contributed by atoms with Crippen molar-refractivity contribution in [3.05, 3.63) is 22.6 Å². The van der Waals surface area contributed by atoms with Crippen molar-refractivity contribution in [2.24, 2.45) is 0 Å². The van der Waals surface area contributed by atoms with E-state index in [1.54, 1.807) is 0 Å². The molecule has 2 nitrogen and oxygen atoms in total. The second-order valence-electron chi connectivity index (χ2n) is 4.09. The van der Waals surface area contributed by atoms with Crippen LogP contribution in [0.4, 0.5) is 26.3 Å². The number of hydrogen-bond donors (Lipinski definition) is 0. The maximum atomic E-state index is 13.0. The van der Waals surface area contributed by atoms with Gasteiger partial charge in [-0.15, -0.1) is 0 Å². The van der Waals surface area contributed by atoms with Crippen LogP contribution in [0.1, 0.15) is 49.5 Å². The average Bonchev–Trinajstić information content (AvgIpc) is 2.67. The van der Waals surface area contributed by atoms with Gasteiger partial charge in [0.1, 0.15) is 28.8 Å². The molecular weight excluding hydrogens is 290 g/mol. The number of ether oxygens (including phenoxy) is 1. The predicted molar refractivity (Wildman–Crippen MR) is 58.1 cm³/mol. The van der Waals surface area contributed by atoms with Crippen molar-refractivity contribution in [2.45, 2.75) is 45.6 Å². The van der Waals surface area contributed by atoms with Crippen LogP contribution in [0.2, 0.25) is 0 Å². The van der Waals surface area contributed by atoms with Gasteiger partial charge in [-0.2, -0.15) is 26.3 Å². The molecule has 0 bridgehead atoms. The molecule has 0 fully saturated rings. The van der Waals surface area contributed by atoms with E-state index in [2.05, 4.69) is 0 Å². The van der Waals surface area contributed by atoms with E-state index < -0.39 is 41.1 Å². The van der Waals surface area contributed by atoms with Crippen LogP contribution in [0.3, 0.4) is 0 Å². The van der Waals surface area contributed by atoms with E-state index in [1.165, 1.54) is 20.8 Å². The van der Waals surface area contributed by atoms with Crippen molar-refractivity contribution in [2.75, 3.05) is 6.61 Å². The quantitative estimate of drug-likeness (QED) is 0.732. The monoisotopic (exact) mass is 304 g/mol. The van der Waals surface area contributed by atoms with Gasteiger partial charge in [-0.1, -0.05) is 6.92 Å². The molecule has 0 radical (unpaired) electrons. The molecular formula is C12H14F6O2. The molecule has 0 amide bonds. The van der Waals surface area contributed by atoms with Crippen molar-refractivity contribution in [1.29, 1.82) is 0 Å². The highest BCUT2D eigenvalue weighted by Crippen LogP contribution is 2.47. The number of hydrogen-bond acceptors (Lipinski definition) is 2. The SMILES string of the molecule is CCOC(C)c1oc(CC)c(C(F)(F)F)c1C(F)(F)F. The summed E-state index contributed by atoms with van der Waals surface area (Å²) in [7, 11) is 0. The molecule has 20 heavy (non-hydrogen) atoms. The molecule has 0 saturated heterocycles. The predicted octanol–water partition coefficient (Wildman–Crippen LogP) is 4.98. The molecule has 0 aliphatic rings. The number of rotatable bonds is 4. The smallest absolute Gasteiger partial charge is 0.420 e. The van der Waals surface area contributed by atoms with E-state index in [0.29, 0.717) is 0 Å². The van der Waals surface area contributed by atoms with E-state index in [0.717, 1.165) is 0 Å². The lowest BCUT2D eigenvalue weighted by molar-refractivity contribution is -0.162. The molecule has 1 rings (SSSR count). The van der Waals surface area contributed by atoms with Crippen LogP contribution in [0, 0.1) is 0 Å². The zero-order chi connectivity index (χ0) is 15.7. The van der Waals surface area contributed by atoms with Crippen LogP contribution in [0.15, 0.2) is 4.42 Å². The molecule has 1 unspecified atom stereocenters. The van der Waals surface area contributed by atoms with Gasteiger partial charge in [-0.3, -0.25) is 0 Å². The van der Waals surface area contributed by atoms with E-state index in [1.807, 2.05) is 0 Å². The molecule has 0 spiro atoms. The molecule has 8 heteroatoms.